The summed E-state index contributed by atoms with van der Waals surface area (Å²) in [6.07, 6.45) is 0. The standard InChI is InChI=1S/C31H24IOS.C31H24IS2.4C6HF5O3S/c2*1-23-12-21-31(32)30(22-23)24-13-15-25(16-14-24)33-26-17-19-29(20-18-26)34(27-8-4-2-5-9-27)28-10-6-3-7-11-28;4*7-1-2(8)4(10)6(15(12,13)14)5(11)3(1)9/h2*2-22H,1H3;4*(H,12,13,14)/q2*+1;;;;/p-2. The van der Waals surface area contributed by atoms with E-state index in [9.17, 15) is 131 Å². The van der Waals surface area contributed by atoms with Crippen LogP contribution in [-0.4, -0.2) is 51.9 Å². The second-order valence-corrected chi connectivity index (χ2v) is 38.4. The molecule has 0 aliphatic rings. The van der Waals surface area contributed by atoms with E-state index in [0.29, 0.717) is 0 Å². The van der Waals surface area contributed by atoms with Crippen LogP contribution in [0, 0.1) is 137 Å². The third-order valence-corrected chi connectivity index (χ3v) is 27.6. The maximum absolute atomic E-state index is 12.6. The molecule has 0 spiro atoms. The third kappa shape index (κ3) is 24.8. The molecule has 0 amide bonds. The molecule has 0 atom stereocenters. The van der Waals surface area contributed by atoms with Crippen LogP contribution in [0.25, 0.3) is 22.3 Å². The number of hydrogen-bond acceptors (Lipinski definition) is 12. The molecule has 14 aromatic carbocycles. The van der Waals surface area contributed by atoms with E-state index in [1.54, 1.807) is 0 Å². The molecule has 0 heterocycles. The molecule has 0 aliphatic carbocycles. The normalized spacial score (nSPS) is 11.4. The molecule has 0 aromatic heterocycles. The maximum Gasteiger partial charge on any atom is 0.300 e. The Morgan fingerprint density at radius 2 is 0.477 bits per heavy atom. The molecule has 0 radical (unpaired) electrons. The highest BCUT2D eigenvalue weighted by molar-refractivity contribution is 14.1. The predicted molar refractivity (Wildman–Crippen MR) is 446 cm³/mol. The van der Waals surface area contributed by atoms with Crippen molar-refractivity contribution in [2.45, 2.75) is 72.6 Å². The van der Waals surface area contributed by atoms with Crippen molar-refractivity contribution in [2.75, 3.05) is 0 Å². The first-order valence-electron chi connectivity index (χ1n) is 35.0. The van der Waals surface area contributed by atoms with Gasteiger partial charge in [0.15, 0.2) is 132 Å². The van der Waals surface area contributed by atoms with E-state index in [-0.39, 0.29) is 21.8 Å². The fourth-order valence-corrected chi connectivity index (χ4v) is 19.7. The lowest BCUT2D eigenvalue weighted by Crippen LogP contribution is -2.12. The predicted octanol–water partition coefficient (Wildman–Crippen LogP) is 24.5. The highest BCUT2D eigenvalue weighted by atomic mass is 127. The van der Waals surface area contributed by atoms with Gasteiger partial charge in [-0.2, -0.15) is 16.8 Å². The van der Waals surface area contributed by atoms with Crippen LogP contribution < -0.4 is 4.74 Å². The Bertz CT molecular complexity index is 6110. The van der Waals surface area contributed by atoms with E-state index in [4.69, 9.17) is 13.8 Å². The quantitative estimate of drug-likeness (QED) is 0.0229. The van der Waals surface area contributed by atoms with Gasteiger partial charge in [-0.05, 0) is 215 Å². The van der Waals surface area contributed by atoms with Gasteiger partial charge in [-0.3, -0.25) is 9.11 Å². The summed E-state index contributed by atoms with van der Waals surface area (Å²) in [6.45, 7) is 4.27. The highest BCUT2D eigenvalue weighted by Crippen LogP contribution is 2.40. The van der Waals surface area contributed by atoms with Gasteiger partial charge in [0.2, 0.25) is 23.3 Å². The van der Waals surface area contributed by atoms with Crippen LogP contribution in [0.15, 0.2) is 314 Å². The lowest BCUT2D eigenvalue weighted by Gasteiger charge is -2.10. The summed E-state index contributed by atoms with van der Waals surface area (Å²) in [6, 6.07) is 91.0. The second kappa shape index (κ2) is 43.4. The fourth-order valence-electron chi connectivity index (χ4n) is 11.0. The number of hydrogen-bond donors (Lipinski definition) is 2. The maximum atomic E-state index is 12.6. The van der Waals surface area contributed by atoms with Gasteiger partial charge >= 0.3 is 20.2 Å². The molecule has 0 saturated carbocycles. The topological polar surface area (TPSA) is 232 Å². The molecule has 668 valence electrons. The van der Waals surface area contributed by atoms with Gasteiger partial charge in [0.25, 0.3) is 0 Å². The Balaban J connectivity index is 0.000000182. The average molecular weight is 2150 g/mol. The summed E-state index contributed by atoms with van der Waals surface area (Å²) in [5.74, 6) is -49.2. The van der Waals surface area contributed by atoms with Gasteiger partial charge in [0.05, 0.1) is 21.8 Å². The molecule has 0 fully saturated rings. The molecule has 0 bridgehead atoms. The number of ether oxygens (including phenoxy) is 1. The number of benzene rings is 14. The molecule has 128 heavy (non-hydrogen) atoms. The summed E-state index contributed by atoms with van der Waals surface area (Å²) >= 11 is 6.63. The van der Waals surface area contributed by atoms with E-state index in [0.717, 1.165) is 11.5 Å². The van der Waals surface area contributed by atoms with Gasteiger partial charge in [-0.15, -0.1) is 0 Å². The largest absolute Gasteiger partial charge is 0.744 e. The van der Waals surface area contributed by atoms with E-state index >= 15 is 0 Å². The Kier molecular flexibility index (Phi) is 34.3. The first-order chi connectivity index (χ1) is 60.0. The number of aryl methyl sites for hydroxylation is 2. The van der Waals surface area contributed by atoms with Crippen molar-refractivity contribution < 1.29 is 144 Å². The summed E-state index contributed by atoms with van der Waals surface area (Å²) in [5, 5.41) is 0. The van der Waals surface area contributed by atoms with Crippen LogP contribution in [-0.2, 0) is 62.3 Å². The monoisotopic (exact) mass is 2150 g/mol. The Morgan fingerprint density at radius 1 is 0.273 bits per heavy atom. The van der Waals surface area contributed by atoms with Crippen LogP contribution in [0.3, 0.4) is 0 Å². The van der Waals surface area contributed by atoms with Crippen molar-refractivity contribution in [3.8, 4) is 33.8 Å². The van der Waals surface area contributed by atoms with Crippen LogP contribution >= 0.6 is 56.9 Å². The van der Waals surface area contributed by atoms with Crippen molar-refractivity contribution in [1.29, 1.82) is 0 Å². The molecular formula is C86H50F20I2O13S7. The van der Waals surface area contributed by atoms with Crippen LogP contribution in [0.5, 0.6) is 11.5 Å². The van der Waals surface area contributed by atoms with E-state index < -0.39 is 176 Å². The molecule has 13 nitrogen and oxygen atoms in total. The van der Waals surface area contributed by atoms with Gasteiger partial charge in [-0.1, -0.05) is 144 Å². The minimum atomic E-state index is -5.77. The first kappa shape index (κ1) is 101. The van der Waals surface area contributed by atoms with Crippen molar-refractivity contribution >= 4 is 119 Å². The van der Waals surface area contributed by atoms with Gasteiger partial charge in [0, 0.05) is 16.9 Å². The molecule has 0 unspecified atom stereocenters. The van der Waals surface area contributed by atoms with Crippen molar-refractivity contribution in [3.63, 3.8) is 0 Å². The lowest BCUT2D eigenvalue weighted by atomic mass is 10.0. The molecule has 0 aliphatic heterocycles. The summed E-state index contributed by atoms with van der Waals surface area (Å²) < 4.78 is 377. The minimum absolute atomic E-state index is 0.108. The highest BCUT2D eigenvalue weighted by Gasteiger charge is 2.37. The third-order valence-electron chi connectivity index (χ3n) is 16.8. The molecule has 14 aromatic rings. The summed E-state index contributed by atoms with van der Waals surface area (Å²) in [5.41, 5.74) is 7.58. The minimum Gasteiger partial charge on any atom is -0.744 e. The molecule has 2 N–H and O–H groups in total. The summed E-state index contributed by atoms with van der Waals surface area (Å²) in [4.78, 5) is 1.14. The van der Waals surface area contributed by atoms with E-state index in [1.165, 1.54) is 79.7 Å². The van der Waals surface area contributed by atoms with Crippen LogP contribution in [0.2, 0.25) is 0 Å². The van der Waals surface area contributed by atoms with E-state index in [1.807, 2.05) is 23.9 Å². The van der Waals surface area contributed by atoms with Crippen molar-refractivity contribution in [3.05, 3.63) is 389 Å². The van der Waals surface area contributed by atoms with Gasteiger partial charge < -0.3 is 13.8 Å². The zero-order valence-electron chi connectivity index (χ0n) is 63.8. The molecule has 42 heteroatoms. The van der Waals surface area contributed by atoms with E-state index in [2.05, 4.69) is 302 Å². The molecule has 0 saturated heterocycles. The van der Waals surface area contributed by atoms with Crippen LogP contribution in [0.4, 0.5) is 87.8 Å². The van der Waals surface area contributed by atoms with Crippen molar-refractivity contribution in [1.82, 2.24) is 0 Å². The summed E-state index contributed by atoms with van der Waals surface area (Å²) in [7, 11) is -22.9. The second-order valence-electron chi connectivity index (χ2n) is 25.5. The Hall–Kier alpha value is -10.4. The van der Waals surface area contributed by atoms with Crippen LogP contribution in [0.1, 0.15) is 11.1 Å². The van der Waals surface area contributed by atoms with Crippen molar-refractivity contribution in [2.24, 2.45) is 0 Å². The Labute approximate surface area is 753 Å². The average Bonchev–Trinajstić information content (AvgIpc) is 0.780. The SMILES string of the molecule is Cc1ccc(I)c(-c2ccc(Oc3ccc([S+](c4ccccc4)c4ccccc4)cc3)cc2)c1.Cc1ccc(I)c(-c2ccc(Sc3ccc([S+](c4ccccc4)c4ccccc4)cc3)cc2)c1.O=S(=O)(O)c1c(F)c(F)c(F)c(F)c1F.O=S(=O)(O)c1c(F)c(F)c(F)c(F)c1F.O=S(=O)([O-])c1c(F)c(F)c(F)c(F)c1F.O=S(=O)([O-])c1c(F)c(F)c(F)c(F)c1F. The smallest absolute Gasteiger partial charge is 0.300 e. The van der Waals surface area contributed by atoms with Gasteiger partial charge in [-0.25, -0.2) is 105 Å². The zero-order chi connectivity index (χ0) is 94.5. The zero-order valence-corrected chi connectivity index (χ0v) is 73.8. The lowest BCUT2D eigenvalue weighted by molar-refractivity contribution is 0.350. The molecule has 14 rings (SSSR count). The number of rotatable bonds is 16. The Morgan fingerprint density at radius 3 is 0.719 bits per heavy atom. The number of halogens is 22. The first-order valence-corrected chi connectivity index (χ1v) is 46.1. The molecular weight excluding hydrogens is 2100 g/mol. The fraction of sp³-hybridized carbons (Fsp3) is 0.0233. The van der Waals surface area contributed by atoms with Gasteiger partial charge in [0.1, 0.15) is 41.5 Å².